The maximum absolute atomic E-state index is 13.2. The number of nitrogen functional groups attached to an aromatic ring is 1. The van der Waals surface area contributed by atoms with Gasteiger partial charge in [0.1, 0.15) is 5.82 Å². The third kappa shape index (κ3) is 4.41. The molecule has 1 aromatic carbocycles. The van der Waals surface area contributed by atoms with Gasteiger partial charge < -0.3 is 10.5 Å². The Kier molecular flexibility index (Phi) is 5.72. The molecule has 0 spiro atoms. The number of hydrogen-bond donors (Lipinski definition) is 2. The van der Waals surface area contributed by atoms with E-state index < -0.39 is 15.8 Å². The molecule has 5 nitrogen and oxygen atoms in total. The smallest absolute Gasteiger partial charge is 0.242 e. The number of anilines is 1. The summed E-state index contributed by atoms with van der Waals surface area (Å²) in [5, 5.41) is 0. The fraction of sp³-hybridized carbons (Fsp3) is 0.455. The van der Waals surface area contributed by atoms with Gasteiger partial charge in [0.05, 0.1) is 10.6 Å². The third-order valence-corrected chi connectivity index (χ3v) is 5.00. The number of nitrogens with two attached hydrogens (primary N) is 1. The van der Waals surface area contributed by atoms with Crippen LogP contribution in [0.15, 0.2) is 21.5 Å². The van der Waals surface area contributed by atoms with Gasteiger partial charge in [0.2, 0.25) is 10.0 Å². The summed E-state index contributed by atoms with van der Waals surface area (Å²) in [5.41, 5.74) is 5.17. The summed E-state index contributed by atoms with van der Waals surface area (Å²) in [6, 6.07) is 1.82. The lowest BCUT2D eigenvalue weighted by Gasteiger charge is -2.15. The van der Waals surface area contributed by atoms with Crippen LogP contribution in [0.1, 0.15) is 13.3 Å². The van der Waals surface area contributed by atoms with E-state index >= 15 is 0 Å². The van der Waals surface area contributed by atoms with Crippen LogP contribution >= 0.6 is 15.9 Å². The molecule has 0 aromatic heterocycles. The van der Waals surface area contributed by atoms with Gasteiger partial charge >= 0.3 is 0 Å². The number of hydrogen-bond acceptors (Lipinski definition) is 4. The van der Waals surface area contributed by atoms with Crippen molar-refractivity contribution in [2.45, 2.75) is 24.3 Å². The minimum atomic E-state index is -3.76. The number of halogens is 2. The monoisotopic (exact) mass is 354 g/mol. The molecule has 0 bridgehead atoms. The van der Waals surface area contributed by atoms with E-state index in [-0.39, 0.29) is 21.1 Å². The number of ether oxygens (including phenoxy) is 1. The first-order chi connectivity index (χ1) is 8.77. The first-order valence-corrected chi connectivity index (χ1v) is 7.81. The summed E-state index contributed by atoms with van der Waals surface area (Å²) >= 11 is 3.02. The molecule has 1 atom stereocenters. The Morgan fingerprint density at radius 2 is 2.16 bits per heavy atom. The Bertz CT molecular complexity index is 551. The molecular formula is C11H16BrFN2O3S. The van der Waals surface area contributed by atoms with Crippen molar-refractivity contribution in [2.24, 2.45) is 0 Å². The van der Waals surface area contributed by atoms with Crippen molar-refractivity contribution in [2.75, 3.05) is 19.5 Å². The first-order valence-electron chi connectivity index (χ1n) is 5.53. The average Bonchev–Trinajstić information content (AvgIpc) is 2.30. The molecule has 0 aliphatic heterocycles. The Labute approximate surface area is 120 Å². The third-order valence-electron chi connectivity index (χ3n) is 2.45. The highest BCUT2D eigenvalue weighted by Gasteiger charge is 2.21. The fourth-order valence-electron chi connectivity index (χ4n) is 1.43. The zero-order valence-electron chi connectivity index (χ0n) is 10.6. The minimum Gasteiger partial charge on any atom is -0.396 e. The van der Waals surface area contributed by atoms with E-state index in [1.54, 1.807) is 14.0 Å². The average molecular weight is 355 g/mol. The van der Waals surface area contributed by atoms with Crippen molar-refractivity contribution < 1.29 is 17.5 Å². The summed E-state index contributed by atoms with van der Waals surface area (Å²) in [7, 11) is -2.22. The van der Waals surface area contributed by atoms with Crippen molar-refractivity contribution in [3.05, 3.63) is 22.4 Å². The van der Waals surface area contributed by atoms with Crippen LogP contribution in [0.3, 0.4) is 0 Å². The molecule has 0 radical (unpaired) electrons. The molecule has 0 amide bonds. The SMILES string of the molecule is COCCC(C)NS(=O)(=O)c1cc(N)c(F)cc1Br. The molecule has 0 saturated carbocycles. The van der Waals surface area contributed by atoms with Crippen molar-refractivity contribution in [3.63, 3.8) is 0 Å². The van der Waals surface area contributed by atoms with E-state index in [0.29, 0.717) is 13.0 Å². The normalized spacial score (nSPS) is 13.5. The zero-order chi connectivity index (χ0) is 14.6. The zero-order valence-corrected chi connectivity index (χ0v) is 13.0. The summed E-state index contributed by atoms with van der Waals surface area (Å²) in [6.45, 7) is 2.16. The van der Waals surface area contributed by atoms with E-state index in [9.17, 15) is 12.8 Å². The highest BCUT2D eigenvalue weighted by molar-refractivity contribution is 9.10. The molecule has 8 heteroatoms. The van der Waals surface area contributed by atoms with Crippen molar-refractivity contribution >= 4 is 31.6 Å². The number of rotatable bonds is 6. The highest BCUT2D eigenvalue weighted by Crippen LogP contribution is 2.26. The number of sulfonamides is 1. The van der Waals surface area contributed by atoms with Crippen LogP contribution < -0.4 is 10.5 Å². The lowest BCUT2D eigenvalue weighted by molar-refractivity contribution is 0.188. The van der Waals surface area contributed by atoms with Crippen LogP contribution in [0.25, 0.3) is 0 Å². The summed E-state index contributed by atoms with van der Waals surface area (Å²) in [5.74, 6) is -0.668. The van der Waals surface area contributed by atoms with E-state index in [1.165, 1.54) is 0 Å². The van der Waals surface area contributed by atoms with Crippen LogP contribution in [0, 0.1) is 5.82 Å². The maximum Gasteiger partial charge on any atom is 0.242 e. The van der Waals surface area contributed by atoms with Gasteiger partial charge in [0.25, 0.3) is 0 Å². The molecule has 1 rings (SSSR count). The predicted octanol–water partition coefficient (Wildman–Crippen LogP) is 1.87. The van der Waals surface area contributed by atoms with E-state index in [4.69, 9.17) is 10.5 Å². The second kappa shape index (κ2) is 6.65. The van der Waals surface area contributed by atoms with Crippen LogP contribution in [-0.4, -0.2) is 28.2 Å². The molecular weight excluding hydrogens is 339 g/mol. The Morgan fingerprint density at radius 3 is 2.74 bits per heavy atom. The maximum atomic E-state index is 13.2. The van der Waals surface area contributed by atoms with Gasteiger partial charge in [-0.25, -0.2) is 17.5 Å². The second-order valence-corrected chi connectivity index (χ2v) is 6.64. The van der Waals surface area contributed by atoms with E-state index in [2.05, 4.69) is 20.7 Å². The highest BCUT2D eigenvalue weighted by atomic mass is 79.9. The molecule has 1 aromatic rings. The van der Waals surface area contributed by atoms with Gasteiger partial charge in [0.15, 0.2) is 0 Å². The van der Waals surface area contributed by atoms with Crippen molar-refractivity contribution in [3.8, 4) is 0 Å². The summed E-state index contributed by atoms with van der Waals surface area (Å²) < 4.78 is 44.9. The summed E-state index contributed by atoms with van der Waals surface area (Å²) in [4.78, 5) is -0.0873. The lowest BCUT2D eigenvalue weighted by Crippen LogP contribution is -2.33. The molecule has 0 fully saturated rings. The quantitative estimate of drug-likeness (QED) is 0.764. The topological polar surface area (TPSA) is 81.4 Å². The first kappa shape index (κ1) is 16.4. The minimum absolute atomic E-state index is 0.0873. The molecule has 0 saturated heterocycles. The molecule has 1 unspecified atom stereocenters. The molecule has 0 aliphatic carbocycles. The Hall–Kier alpha value is -0.700. The van der Waals surface area contributed by atoms with Crippen molar-refractivity contribution in [1.29, 1.82) is 0 Å². The van der Waals surface area contributed by atoms with Gasteiger partial charge in [-0.1, -0.05) is 0 Å². The largest absolute Gasteiger partial charge is 0.396 e. The van der Waals surface area contributed by atoms with Crippen LogP contribution in [0.2, 0.25) is 0 Å². The van der Waals surface area contributed by atoms with Crippen molar-refractivity contribution in [1.82, 2.24) is 4.72 Å². The number of benzene rings is 1. The number of nitrogens with one attached hydrogen (secondary N) is 1. The van der Waals surface area contributed by atoms with E-state index in [0.717, 1.165) is 12.1 Å². The molecule has 0 aliphatic rings. The summed E-state index contributed by atoms with van der Waals surface area (Å²) in [6.07, 6.45) is 0.532. The van der Waals surface area contributed by atoms with Crippen LogP contribution in [-0.2, 0) is 14.8 Å². The fourth-order valence-corrected chi connectivity index (χ4v) is 3.76. The Balaban J connectivity index is 2.98. The Morgan fingerprint density at radius 1 is 1.53 bits per heavy atom. The molecule has 19 heavy (non-hydrogen) atoms. The molecule has 108 valence electrons. The predicted molar refractivity (Wildman–Crippen MR) is 74.8 cm³/mol. The lowest BCUT2D eigenvalue weighted by atomic mass is 10.3. The van der Waals surface area contributed by atoms with Gasteiger partial charge in [-0.15, -0.1) is 0 Å². The van der Waals surface area contributed by atoms with Gasteiger partial charge in [-0.05, 0) is 41.4 Å². The van der Waals surface area contributed by atoms with E-state index in [1.807, 2.05) is 0 Å². The standard InChI is InChI=1S/C11H16BrFN2O3S/c1-7(3-4-18-2)15-19(16,17)11-6-10(14)9(13)5-8(11)12/h5-7,15H,3-4,14H2,1-2H3. The number of methoxy groups -OCH3 is 1. The van der Waals surface area contributed by atoms with Crippen LogP contribution in [0.4, 0.5) is 10.1 Å². The second-order valence-electron chi connectivity index (χ2n) is 4.11. The van der Waals surface area contributed by atoms with Crippen LogP contribution in [0.5, 0.6) is 0 Å². The van der Waals surface area contributed by atoms with Gasteiger partial charge in [-0.3, -0.25) is 0 Å². The van der Waals surface area contributed by atoms with Gasteiger partial charge in [-0.2, -0.15) is 0 Å². The van der Waals surface area contributed by atoms with Gasteiger partial charge in [0, 0.05) is 24.2 Å². The molecule has 0 heterocycles. The molecule has 3 N–H and O–H groups in total.